The number of carbonyl (C=O) groups is 1. The molecule has 3 heteroatoms. The Morgan fingerprint density at radius 1 is 1.39 bits per heavy atom. The Morgan fingerprint density at radius 3 is 2.67 bits per heavy atom. The Balaban J connectivity index is 1.83. The Morgan fingerprint density at radius 2 is 2.11 bits per heavy atom. The molecule has 1 aliphatic heterocycles. The van der Waals surface area contributed by atoms with E-state index in [0.717, 1.165) is 25.9 Å². The molecule has 1 N–H and O–H groups in total. The highest BCUT2D eigenvalue weighted by molar-refractivity contribution is 5.72. The van der Waals surface area contributed by atoms with Gasteiger partial charge in [-0.05, 0) is 51.9 Å². The largest absolute Gasteiger partial charge is 0.460 e. The van der Waals surface area contributed by atoms with Crippen molar-refractivity contribution in [3.05, 3.63) is 11.6 Å². The zero-order valence-corrected chi connectivity index (χ0v) is 11.8. The van der Waals surface area contributed by atoms with Crippen LogP contribution in [0.3, 0.4) is 0 Å². The summed E-state index contributed by atoms with van der Waals surface area (Å²) >= 11 is 0. The van der Waals surface area contributed by atoms with Gasteiger partial charge in [0, 0.05) is 13.1 Å². The Bertz CT molecular complexity index is 348. The maximum absolute atomic E-state index is 11.8. The van der Waals surface area contributed by atoms with E-state index in [2.05, 4.69) is 11.4 Å². The lowest BCUT2D eigenvalue weighted by atomic mass is 9.75. The van der Waals surface area contributed by atoms with Crippen LogP contribution in [0.1, 0.15) is 52.9 Å². The topological polar surface area (TPSA) is 38.3 Å². The summed E-state index contributed by atoms with van der Waals surface area (Å²) in [7, 11) is 0. The van der Waals surface area contributed by atoms with Crippen molar-refractivity contribution in [2.45, 2.75) is 58.5 Å². The molecule has 0 amide bonds. The Labute approximate surface area is 110 Å². The molecule has 1 heterocycles. The van der Waals surface area contributed by atoms with Crippen LogP contribution in [-0.4, -0.2) is 24.7 Å². The predicted molar refractivity (Wildman–Crippen MR) is 72.3 cm³/mol. The maximum Gasteiger partial charge on any atom is 0.310 e. The minimum absolute atomic E-state index is 0.0866. The van der Waals surface area contributed by atoms with Gasteiger partial charge in [0.2, 0.25) is 0 Å². The number of esters is 1. The van der Waals surface area contributed by atoms with Crippen LogP contribution in [0.25, 0.3) is 0 Å². The van der Waals surface area contributed by atoms with Crippen LogP contribution < -0.4 is 5.32 Å². The smallest absolute Gasteiger partial charge is 0.310 e. The second-order valence-corrected chi connectivity index (χ2v) is 6.77. The van der Waals surface area contributed by atoms with Crippen molar-refractivity contribution in [2.24, 2.45) is 5.41 Å². The average Bonchev–Trinajstić information content (AvgIpc) is 2.36. The summed E-state index contributed by atoms with van der Waals surface area (Å²) < 4.78 is 5.38. The number of hydrogen-bond acceptors (Lipinski definition) is 3. The van der Waals surface area contributed by atoms with Crippen LogP contribution in [0.15, 0.2) is 11.6 Å². The molecule has 3 nitrogen and oxygen atoms in total. The van der Waals surface area contributed by atoms with E-state index >= 15 is 0 Å². The van der Waals surface area contributed by atoms with Crippen molar-refractivity contribution in [3.8, 4) is 0 Å². The third-order valence-electron chi connectivity index (χ3n) is 3.88. The highest BCUT2D eigenvalue weighted by Crippen LogP contribution is 2.38. The van der Waals surface area contributed by atoms with E-state index in [1.165, 1.54) is 18.4 Å². The highest BCUT2D eigenvalue weighted by atomic mass is 16.6. The first-order chi connectivity index (χ1) is 8.39. The number of rotatable bonds is 2. The lowest BCUT2D eigenvalue weighted by Crippen LogP contribution is -2.53. The molecule has 1 aliphatic carbocycles. The Kier molecular flexibility index (Phi) is 3.81. The number of nitrogens with one attached hydrogen (secondary N) is 1. The second-order valence-electron chi connectivity index (χ2n) is 6.77. The van der Waals surface area contributed by atoms with Crippen LogP contribution in [-0.2, 0) is 9.53 Å². The number of ether oxygens (including phenoxy) is 1. The standard InChI is InChI=1S/C15H25NO2/c1-14(2,3)18-13(17)9-12-5-4-7-15(8-6-12)10-16-11-15/h5,16H,4,6-11H2,1-3H3. The third kappa shape index (κ3) is 3.58. The third-order valence-corrected chi connectivity index (χ3v) is 3.88. The lowest BCUT2D eigenvalue weighted by Gasteiger charge is -2.42. The normalized spacial score (nSPS) is 22.9. The van der Waals surface area contributed by atoms with E-state index in [4.69, 9.17) is 4.74 Å². The fourth-order valence-corrected chi connectivity index (χ4v) is 2.79. The van der Waals surface area contributed by atoms with Crippen molar-refractivity contribution >= 4 is 5.97 Å². The first-order valence-electron chi connectivity index (χ1n) is 6.99. The molecule has 0 aromatic carbocycles. The van der Waals surface area contributed by atoms with Gasteiger partial charge in [-0.3, -0.25) is 4.79 Å². The van der Waals surface area contributed by atoms with Crippen LogP contribution in [0.2, 0.25) is 0 Å². The average molecular weight is 251 g/mol. The molecule has 0 saturated carbocycles. The molecule has 0 unspecified atom stereocenters. The molecule has 2 aliphatic rings. The molecule has 1 fully saturated rings. The van der Waals surface area contributed by atoms with E-state index in [9.17, 15) is 4.79 Å². The van der Waals surface area contributed by atoms with Gasteiger partial charge in [-0.1, -0.05) is 11.6 Å². The van der Waals surface area contributed by atoms with Gasteiger partial charge >= 0.3 is 5.97 Å². The van der Waals surface area contributed by atoms with E-state index in [-0.39, 0.29) is 11.6 Å². The van der Waals surface area contributed by atoms with Crippen molar-refractivity contribution in [2.75, 3.05) is 13.1 Å². The second kappa shape index (κ2) is 5.04. The molecular formula is C15H25NO2. The SMILES string of the molecule is CC(C)(C)OC(=O)CC1=CCCC2(CC1)CNC2. The summed E-state index contributed by atoms with van der Waals surface area (Å²) in [5.74, 6) is -0.0866. The van der Waals surface area contributed by atoms with Gasteiger partial charge in [0.25, 0.3) is 0 Å². The molecule has 0 aromatic heterocycles. The molecule has 0 radical (unpaired) electrons. The molecule has 102 valence electrons. The monoisotopic (exact) mass is 251 g/mol. The number of carbonyl (C=O) groups excluding carboxylic acids is 1. The first kappa shape index (κ1) is 13.6. The van der Waals surface area contributed by atoms with Gasteiger partial charge in [0.1, 0.15) is 5.60 Å². The summed E-state index contributed by atoms with van der Waals surface area (Å²) in [6.45, 7) is 8.06. The molecular weight excluding hydrogens is 226 g/mol. The number of hydrogen-bond donors (Lipinski definition) is 1. The van der Waals surface area contributed by atoms with Crippen LogP contribution >= 0.6 is 0 Å². The zero-order valence-electron chi connectivity index (χ0n) is 11.8. The Hall–Kier alpha value is -0.830. The van der Waals surface area contributed by atoms with Gasteiger partial charge in [0.15, 0.2) is 0 Å². The quantitative estimate of drug-likeness (QED) is 0.606. The van der Waals surface area contributed by atoms with Gasteiger partial charge in [0.05, 0.1) is 6.42 Å². The predicted octanol–water partition coefficient (Wildman–Crippen LogP) is 2.81. The highest BCUT2D eigenvalue weighted by Gasteiger charge is 2.36. The molecule has 0 bridgehead atoms. The van der Waals surface area contributed by atoms with Crippen molar-refractivity contribution < 1.29 is 9.53 Å². The van der Waals surface area contributed by atoms with Crippen LogP contribution in [0.4, 0.5) is 0 Å². The van der Waals surface area contributed by atoms with E-state index in [1.54, 1.807) is 0 Å². The summed E-state index contributed by atoms with van der Waals surface area (Å²) in [5, 5.41) is 3.37. The van der Waals surface area contributed by atoms with E-state index in [1.807, 2.05) is 20.8 Å². The molecule has 0 aromatic rings. The van der Waals surface area contributed by atoms with E-state index in [0.29, 0.717) is 11.8 Å². The maximum atomic E-state index is 11.8. The fraction of sp³-hybridized carbons (Fsp3) is 0.800. The lowest BCUT2D eigenvalue weighted by molar-refractivity contribution is -0.153. The van der Waals surface area contributed by atoms with Gasteiger partial charge < -0.3 is 10.1 Å². The molecule has 1 saturated heterocycles. The van der Waals surface area contributed by atoms with Crippen LogP contribution in [0.5, 0.6) is 0 Å². The summed E-state index contributed by atoms with van der Waals surface area (Å²) in [5.41, 5.74) is 1.42. The molecule has 18 heavy (non-hydrogen) atoms. The van der Waals surface area contributed by atoms with Gasteiger partial charge in [-0.15, -0.1) is 0 Å². The fourth-order valence-electron chi connectivity index (χ4n) is 2.79. The first-order valence-corrected chi connectivity index (χ1v) is 6.99. The molecule has 0 atom stereocenters. The summed E-state index contributed by atoms with van der Waals surface area (Å²) in [6.07, 6.45) is 7.38. The van der Waals surface area contributed by atoms with Crippen molar-refractivity contribution in [3.63, 3.8) is 0 Å². The minimum Gasteiger partial charge on any atom is -0.460 e. The zero-order chi connectivity index (χ0) is 13.2. The summed E-state index contributed by atoms with van der Waals surface area (Å²) in [6, 6.07) is 0. The summed E-state index contributed by atoms with van der Waals surface area (Å²) in [4.78, 5) is 11.8. The van der Waals surface area contributed by atoms with Crippen LogP contribution in [0, 0.1) is 5.41 Å². The van der Waals surface area contributed by atoms with E-state index < -0.39 is 0 Å². The van der Waals surface area contributed by atoms with Crippen molar-refractivity contribution in [1.82, 2.24) is 5.32 Å². The van der Waals surface area contributed by atoms with Crippen molar-refractivity contribution in [1.29, 1.82) is 0 Å². The molecule has 1 spiro atoms. The molecule has 2 rings (SSSR count). The number of allylic oxidation sites excluding steroid dienone is 1. The van der Waals surface area contributed by atoms with Gasteiger partial charge in [-0.2, -0.15) is 0 Å². The van der Waals surface area contributed by atoms with Gasteiger partial charge in [-0.25, -0.2) is 0 Å². The minimum atomic E-state index is -0.374.